The number of para-hydroxylation sites is 2. The minimum Gasteiger partial charge on any atom is -0.378 e. The maximum absolute atomic E-state index is 12.7. The summed E-state index contributed by atoms with van der Waals surface area (Å²) in [6, 6.07) is 25.0. The van der Waals surface area contributed by atoms with E-state index in [2.05, 4.69) is 26.9 Å². The van der Waals surface area contributed by atoms with Crippen LogP contribution in [0.25, 0.3) is 6.08 Å². The third kappa shape index (κ3) is 5.26. The van der Waals surface area contributed by atoms with Gasteiger partial charge in [-0.05, 0) is 48.2 Å². The van der Waals surface area contributed by atoms with Gasteiger partial charge >= 0.3 is 10.1 Å². The number of carbonyl (C=O) groups excluding carboxylic acids is 1. The van der Waals surface area contributed by atoms with E-state index in [-0.39, 0.29) is 16.6 Å². The monoisotopic (exact) mass is 505 g/mol. The number of aliphatic imine (C=N–C) groups is 1. The first-order chi connectivity index (χ1) is 17.0. The van der Waals surface area contributed by atoms with Gasteiger partial charge in [-0.25, -0.2) is 0 Å². The van der Waals surface area contributed by atoms with Crippen LogP contribution < -0.4 is 9.08 Å². The molecule has 0 spiro atoms. The molecule has 178 valence electrons. The molecule has 0 unspecified atom stereocenters. The molecule has 5 rings (SSSR count). The second-order valence-corrected chi connectivity index (χ2v) is 10.6. The van der Waals surface area contributed by atoms with E-state index in [1.54, 1.807) is 48.5 Å². The van der Waals surface area contributed by atoms with E-state index >= 15 is 0 Å². The van der Waals surface area contributed by atoms with Crippen LogP contribution in [0.2, 0.25) is 0 Å². The molecule has 1 fully saturated rings. The van der Waals surface area contributed by atoms with Crippen molar-refractivity contribution in [3.63, 3.8) is 0 Å². The zero-order valence-corrected chi connectivity index (χ0v) is 20.4. The molecule has 1 saturated heterocycles. The summed E-state index contributed by atoms with van der Waals surface area (Å²) >= 11 is 1.30. The minimum atomic E-state index is -4.00. The van der Waals surface area contributed by atoms with Crippen LogP contribution in [0.1, 0.15) is 5.56 Å². The van der Waals surface area contributed by atoms with Gasteiger partial charge in [0.05, 0.1) is 4.91 Å². The van der Waals surface area contributed by atoms with Gasteiger partial charge in [0.25, 0.3) is 5.91 Å². The molecule has 0 aliphatic carbocycles. The fourth-order valence-electron chi connectivity index (χ4n) is 3.90. The van der Waals surface area contributed by atoms with Crippen LogP contribution in [0, 0.1) is 0 Å². The second kappa shape index (κ2) is 9.97. The fourth-order valence-corrected chi connectivity index (χ4v) is 5.83. The topological polar surface area (TPSA) is 79.3 Å². The Hall–Kier alpha value is -3.56. The summed E-state index contributed by atoms with van der Waals surface area (Å²) in [6.45, 7) is 3.20. The Morgan fingerprint density at radius 1 is 0.800 bits per heavy atom. The first-order valence-electron chi connectivity index (χ1n) is 11.2. The lowest BCUT2D eigenvalue weighted by Gasteiger charge is -2.36. The lowest BCUT2D eigenvalue weighted by Crippen LogP contribution is -2.47. The molecule has 0 bridgehead atoms. The molecule has 35 heavy (non-hydrogen) atoms. The molecule has 2 aliphatic rings. The number of hydrogen-bond acceptors (Lipinski definition) is 7. The van der Waals surface area contributed by atoms with Crippen LogP contribution >= 0.6 is 11.8 Å². The Morgan fingerprint density at radius 3 is 2.11 bits per heavy atom. The van der Waals surface area contributed by atoms with Crippen LogP contribution in [0.3, 0.4) is 0 Å². The molecule has 0 N–H and O–H groups in total. The average molecular weight is 506 g/mol. The van der Waals surface area contributed by atoms with E-state index in [9.17, 15) is 13.2 Å². The van der Waals surface area contributed by atoms with Crippen molar-refractivity contribution in [1.82, 2.24) is 4.90 Å². The van der Waals surface area contributed by atoms with Crippen molar-refractivity contribution >= 4 is 44.7 Å². The van der Waals surface area contributed by atoms with Gasteiger partial charge in [0.2, 0.25) is 0 Å². The van der Waals surface area contributed by atoms with Crippen LogP contribution in [0.15, 0.2) is 99.7 Å². The normalized spacial score (nSPS) is 17.5. The van der Waals surface area contributed by atoms with Crippen molar-refractivity contribution in [2.24, 2.45) is 4.99 Å². The van der Waals surface area contributed by atoms with Gasteiger partial charge in [0, 0.05) is 37.4 Å². The molecular formula is C26H23N3O4S2. The number of nitrogens with zero attached hydrogens (tertiary/aromatic N) is 3. The van der Waals surface area contributed by atoms with Crippen molar-refractivity contribution in [2.75, 3.05) is 31.1 Å². The molecule has 3 aromatic rings. The van der Waals surface area contributed by atoms with Gasteiger partial charge < -0.3 is 14.0 Å². The first kappa shape index (κ1) is 23.2. The Kier molecular flexibility index (Phi) is 6.61. The Balaban J connectivity index is 1.29. The van der Waals surface area contributed by atoms with Crippen molar-refractivity contribution < 1.29 is 17.4 Å². The number of anilines is 1. The van der Waals surface area contributed by atoms with Gasteiger partial charge in [-0.2, -0.15) is 13.4 Å². The number of piperazine rings is 1. The van der Waals surface area contributed by atoms with Crippen LogP contribution in [0.4, 0.5) is 5.69 Å². The second-order valence-electron chi connectivity index (χ2n) is 8.01. The fraction of sp³-hybridized carbons (Fsp3) is 0.154. The number of amides is 1. The van der Waals surface area contributed by atoms with E-state index in [1.165, 1.54) is 29.6 Å². The first-order valence-corrected chi connectivity index (χ1v) is 13.4. The van der Waals surface area contributed by atoms with Gasteiger partial charge in [-0.1, -0.05) is 54.6 Å². The minimum absolute atomic E-state index is 0.0639. The molecular weight excluding hydrogens is 482 g/mol. The molecule has 2 aliphatic heterocycles. The van der Waals surface area contributed by atoms with Crippen molar-refractivity contribution in [3.05, 3.63) is 95.4 Å². The van der Waals surface area contributed by atoms with Gasteiger partial charge in [0.15, 0.2) is 5.17 Å². The Bertz CT molecular complexity index is 1380. The van der Waals surface area contributed by atoms with Crippen molar-refractivity contribution in [3.8, 4) is 5.75 Å². The molecule has 9 heteroatoms. The number of thioether (sulfide) groups is 1. The summed E-state index contributed by atoms with van der Waals surface area (Å²) in [6.07, 6.45) is 1.64. The van der Waals surface area contributed by atoms with E-state index in [0.717, 1.165) is 26.2 Å². The summed E-state index contributed by atoms with van der Waals surface area (Å²) in [4.78, 5) is 21.8. The number of amidine groups is 1. The number of rotatable bonds is 5. The van der Waals surface area contributed by atoms with Crippen LogP contribution in [0.5, 0.6) is 5.75 Å². The van der Waals surface area contributed by atoms with Gasteiger partial charge in [0.1, 0.15) is 10.6 Å². The predicted octanol–water partition coefficient (Wildman–Crippen LogP) is 4.25. The lowest BCUT2D eigenvalue weighted by molar-refractivity contribution is -0.113. The van der Waals surface area contributed by atoms with E-state index in [4.69, 9.17) is 4.18 Å². The molecule has 1 amide bonds. The average Bonchev–Trinajstić information content (AvgIpc) is 3.26. The zero-order valence-electron chi connectivity index (χ0n) is 18.8. The summed E-state index contributed by atoms with van der Waals surface area (Å²) in [7, 11) is -4.00. The van der Waals surface area contributed by atoms with Crippen molar-refractivity contribution in [2.45, 2.75) is 4.90 Å². The molecule has 0 aromatic heterocycles. The van der Waals surface area contributed by atoms with E-state index < -0.39 is 10.1 Å². The largest absolute Gasteiger partial charge is 0.378 e. The Labute approximate surface area is 208 Å². The number of hydrogen-bond donors (Lipinski definition) is 0. The van der Waals surface area contributed by atoms with E-state index in [0.29, 0.717) is 15.6 Å². The highest BCUT2D eigenvalue weighted by molar-refractivity contribution is 8.18. The summed E-state index contributed by atoms with van der Waals surface area (Å²) in [5, 5.41) is 0.671. The number of carbonyl (C=O) groups is 1. The SMILES string of the molecule is O=C1N=C(N2CCN(c3ccccc3)CC2)S/C1=C/c1ccccc1OS(=O)(=O)c1ccccc1. The van der Waals surface area contributed by atoms with E-state index in [1.807, 2.05) is 18.2 Å². The maximum atomic E-state index is 12.7. The highest BCUT2D eigenvalue weighted by Crippen LogP contribution is 2.33. The van der Waals surface area contributed by atoms with Gasteiger partial charge in [-0.3, -0.25) is 4.79 Å². The molecule has 2 heterocycles. The van der Waals surface area contributed by atoms with Crippen molar-refractivity contribution in [1.29, 1.82) is 0 Å². The van der Waals surface area contributed by atoms with Crippen LogP contribution in [-0.4, -0.2) is 50.6 Å². The number of benzene rings is 3. The molecule has 0 atom stereocenters. The maximum Gasteiger partial charge on any atom is 0.339 e. The third-order valence-electron chi connectivity index (χ3n) is 5.72. The molecule has 0 radical (unpaired) electrons. The highest BCUT2D eigenvalue weighted by atomic mass is 32.2. The van der Waals surface area contributed by atoms with Crippen LogP contribution in [-0.2, 0) is 14.9 Å². The van der Waals surface area contributed by atoms with Gasteiger partial charge in [-0.15, -0.1) is 0 Å². The molecule has 0 saturated carbocycles. The smallest absolute Gasteiger partial charge is 0.339 e. The molecule has 7 nitrogen and oxygen atoms in total. The lowest BCUT2D eigenvalue weighted by atomic mass is 10.2. The quantitative estimate of drug-likeness (QED) is 0.379. The standard InChI is InChI=1S/C26H23N3O4S2/c30-25-24(34-26(27-25)29-17-15-28(16-18-29)21-10-3-1-4-11-21)19-20-9-7-8-14-23(20)33-35(31,32)22-12-5-2-6-13-22/h1-14,19H,15-18H2/b24-19+. The Morgan fingerprint density at radius 2 is 1.40 bits per heavy atom. The third-order valence-corrected chi connectivity index (χ3v) is 8.01. The molecule has 3 aromatic carbocycles. The zero-order chi connectivity index (χ0) is 24.3. The summed E-state index contributed by atoms with van der Waals surface area (Å²) in [5.74, 6) is -0.182. The predicted molar refractivity (Wildman–Crippen MR) is 139 cm³/mol. The highest BCUT2D eigenvalue weighted by Gasteiger charge is 2.29. The summed E-state index contributed by atoms with van der Waals surface area (Å²) in [5.41, 5.74) is 1.68. The summed E-state index contributed by atoms with van der Waals surface area (Å²) < 4.78 is 30.8.